The van der Waals surface area contributed by atoms with Gasteiger partial charge in [-0.25, -0.2) is 4.39 Å². The SMILES string of the molecule is NCC(Sc1ccc(F)cc1)C(=O)O. The fourth-order valence-corrected chi connectivity index (χ4v) is 1.70. The number of benzene rings is 1. The van der Waals surface area contributed by atoms with E-state index in [1.807, 2.05) is 0 Å². The lowest BCUT2D eigenvalue weighted by Crippen LogP contribution is -2.25. The molecule has 1 aromatic carbocycles. The standard InChI is InChI=1S/C9H10FNO2S/c10-6-1-3-7(4-2-6)14-8(5-11)9(12)13/h1-4,8H,5,11H2,(H,12,13). The molecule has 5 heteroatoms. The van der Waals surface area contributed by atoms with Gasteiger partial charge < -0.3 is 10.8 Å². The van der Waals surface area contributed by atoms with Crippen molar-refractivity contribution in [2.45, 2.75) is 10.1 Å². The molecule has 0 aliphatic carbocycles. The lowest BCUT2D eigenvalue weighted by molar-refractivity contribution is -0.136. The summed E-state index contributed by atoms with van der Waals surface area (Å²) in [4.78, 5) is 11.3. The molecule has 0 aliphatic rings. The van der Waals surface area contributed by atoms with Crippen LogP contribution in [0.25, 0.3) is 0 Å². The van der Waals surface area contributed by atoms with Crippen molar-refractivity contribution in [1.82, 2.24) is 0 Å². The summed E-state index contributed by atoms with van der Waals surface area (Å²) in [5.41, 5.74) is 5.28. The van der Waals surface area contributed by atoms with Crippen molar-refractivity contribution in [1.29, 1.82) is 0 Å². The fourth-order valence-electron chi connectivity index (χ4n) is 0.877. The Morgan fingerprint density at radius 1 is 1.50 bits per heavy atom. The second-order valence-corrected chi connectivity index (χ2v) is 3.91. The number of nitrogens with two attached hydrogens (primary N) is 1. The van der Waals surface area contributed by atoms with Crippen molar-refractivity contribution in [3.63, 3.8) is 0 Å². The highest BCUT2D eigenvalue weighted by molar-refractivity contribution is 8.00. The first-order chi connectivity index (χ1) is 6.63. The molecule has 0 radical (unpaired) electrons. The largest absolute Gasteiger partial charge is 0.480 e. The first kappa shape index (κ1) is 11.0. The Hall–Kier alpha value is -1.07. The zero-order valence-electron chi connectivity index (χ0n) is 7.31. The molecule has 1 rings (SSSR count). The average molecular weight is 215 g/mol. The number of aliphatic carboxylic acids is 1. The molecule has 3 N–H and O–H groups in total. The summed E-state index contributed by atoms with van der Waals surface area (Å²) in [6, 6.07) is 5.65. The van der Waals surface area contributed by atoms with Crippen LogP contribution in [0.2, 0.25) is 0 Å². The molecular weight excluding hydrogens is 205 g/mol. The zero-order chi connectivity index (χ0) is 10.6. The van der Waals surface area contributed by atoms with E-state index in [9.17, 15) is 9.18 Å². The summed E-state index contributed by atoms with van der Waals surface area (Å²) in [6.45, 7) is 0.0530. The van der Waals surface area contributed by atoms with Gasteiger partial charge in [0.25, 0.3) is 0 Å². The summed E-state index contributed by atoms with van der Waals surface area (Å²) < 4.78 is 12.5. The number of carbonyl (C=O) groups is 1. The highest BCUT2D eigenvalue weighted by Gasteiger charge is 2.16. The van der Waals surface area contributed by atoms with Crippen LogP contribution < -0.4 is 5.73 Å². The second kappa shape index (κ2) is 4.97. The molecule has 0 aliphatic heterocycles. The van der Waals surface area contributed by atoms with Gasteiger partial charge in [0.2, 0.25) is 0 Å². The topological polar surface area (TPSA) is 63.3 Å². The number of carboxylic acids is 1. The van der Waals surface area contributed by atoms with Gasteiger partial charge in [0, 0.05) is 11.4 Å². The van der Waals surface area contributed by atoms with Crippen molar-refractivity contribution in [2.24, 2.45) is 5.73 Å². The van der Waals surface area contributed by atoms with E-state index in [1.54, 1.807) is 0 Å². The molecule has 1 unspecified atom stereocenters. The van der Waals surface area contributed by atoms with Crippen LogP contribution in [0, 0.1) is 5.82 Å². The normalized spacial score (nSPS) is 12.4. The van der Waals surface area contributed by atoms with Gasteiger partial charge in [-0.2, -0.15) is 0 Å². The molecule has 0 saturated carbocycles. The predicted molar refractivity (Wildman–Crippen MR) is 52.7 cm³/mol. The summed E-state index contributed by atoms with van der Waals surface area (Å²) >= 11 is 1.11. The number of rotatable bonds is 4. The first-order valence-electron chi connectivity index (χ1n) is 3.98. The Morgan fingerprint density at radius 3 is 2.50 bits per heavy atom. The Balaban J connectivity index is 2.67. The van der Waals surface area contributed by atoms with Gasteiger partial charge >= 0.3 is 5.97 Å². The number of halogens is 1. The molecule has 0 spiro atoms. The molecule has 14 heavy (non-hydrogen) atoms. The van der Waals surface area contributed by atoms with Crippen LogP contribution in [0.15, 0.2) is 29.2 Å². The van der Waals surface area contributed by atoms with E-state index >= 15 is 0 Å². The molecular formula is C9H10FNO2S. The molecule has 0 heterocycles. The third-order valence-electron chi connectivity index (χ3n) is 1.58. The first-order valence-corrected chi connectivity index (χ1v) is 4.86. The summed E-state index contributed by atoms with van der Waals surface area (Å²) in [6.07, 6.45) is 0. The smallest absolute Gasteiger partial charge is 0.318 e. The monoisotopic (exact) mass is 215 g/mol. The summed E-state index contributed by atoms with van der Waals surface area (Å²) in [7, 11) is 0. The van der Waals surface area contributed by atoms with E-state index in [0.717, 1.165) is 11.8 Å². The number of hydrogen-bond acceptors (Lipinski definition) is 3. The van der Waals surface area contributed by atoms with Crippen LogP contribution in [0.4, 0.5) is 4.39 Å². The van der Waals surface area contributed by atoms with Gasteiger partial charge in [-0.05, 0) is 24.3 Å². The highest BCUT2D eigenvalue weighted by Crippen LogP contribution is 2.22. The highest BCUT2D eigenvalue weighted by atomic mass is 32.2. The maximum absolute atomic E-state index is 12.5. The van der Waals surface area contributed by atoms with Crippen LogP contribution in [0.5, 0.6) is 0 Å². The van der Waals surface area contributed by atoms with E-state index < -0.39 is 11.2 Å². The molecule has 0 fully saturated rings. The lowest BCUT2D eigenvalue weighted by atomic mass is 10.3. The van der Waals surface area contributed by atoms with Crippen LogP contribution in [-0.2, 0) is 4.79 Å². The van der Waals surface area contributed by atoms with Crippen LogP contribution >= 0.6 is 11.8 Å². The van der Waals surface area contributed by atoms with Gasteiger partial charge in [-0.3, -0.25) is 4.79 Å². The van der Waals surface area contributed by atoms with E-state index in [-0.39, 0.29) is 12.4 Å². The Morgan fingerprint density at radius 2 is 2.07 bits per heavy atom. The van der Waals surface area contributed by atoms with Crippen LogP contribution in [0.1, 0.15) is 0 Å². The number of thioether (sulfide) groups is 1. The fraction of sp³-hybridized carbons (Fsp3) is 0.222. The lowest BCUT2D eigenvalue weighted by Gasteiger charge is -2.08. The van der Waals surface area contributed by atoms with Crippen LogP contribution in [-0.4, -0.2) is 22.9 Å². The van der Waals surface area contributed by atoms with Gasteiger partial charge in [-0.1, -0.05) is 0 Å². The van der Waals surface area contributed by atoms with Gasteiger partial charge in [0.15, 0.2) is 0 Å². The Kier molecular flexibility index (Phi) is 3.91. The Bertz CT molecular complexity index is 315. The van der Waals surface area contributed by atoms with E-state index in [2.05, 4.69) is 0 Å². The van der Waals surface area contributed by atoms with Crippen molar-refractivity contribution in [3.05, 3.63) is 30.1 Å². The maximum atomic E-state index is 12.5. The molecule has 0 bridgehead atoms. The minimum Gasteiger partial charge on any atom is -0.480 e. The van der Waals surface area contributed by atoms with Gasteiger partial charge in [0.05, 0.1) is 0 Å². The molecule has 3 nitrogen and oxygen atoms in total. The van der Waals surface area contributed by atoms with E-state index in [1.165, 1.54) is 24.3 Å². The minimum absolute atomic E-state index is 0.0530. The van der Waals surface area contributed by atoms with Crippen molar-refractivity contribution < 1.29 is 14.3 Å². The van der Waals surface area contributed by atoms with Gasteiger partial charge in [0.1, 0.15) is 11.1 Å². The second-order valence-electron chi connectivity index (χ2n) is 2.63. The molecule has 0 saturated heterocycles. The summed E-state index contributed by atoms with van der Waals surface area (Å²) in [5.74, 6) is -1.30. The van der Waals surface area contributed by atoms with Crippen molar-refractivity contribution in [2.75, 3.05) is 6.54 Å². The van der Waals surface area contributed by atoms with E-state index in [0.29, 0.717) is 4.90 Å². The Labute approximate surface area is 85.1 Å². The van der Waals surface area contributed by atoms with Gasteiger partial charge in [-0.15, -0.1) is 11.8 Å². The molecule has 0 amide bonds. The molecule has 1 atom stereocenters. The number of hydrogen-bond donors (Lipinski definition) is 2. The third kappa shape index (κ3) is 3.01. The average Bonchev–Trinajstić information content (AvgIpc) is 2.16. The third-order valence-corrected chi connectivity index (χ3v) is 2.80. The van der Waals surface area contributed by atoms with Crippen molar-refractivity contribution >= 4 is 17.7 Å². The minimum atomic E-state index is -0.957. The number of carboxylic acid groups (broad SMARTS) is 1. The quantitative estimate of drug-likeness (QED) is 0.744. The predicted octanol–water partition coefficient (Wildman–Crippen LogP) is 1.33. The summed E-state index contributed by atoms with van der Waals surface area (Å²) in [5, 5.41) is 8.03. The molecule has 76 valence electrons. The van der Waals surface area contributed by atoms with Crippen molar-refractivity contribution in [3.8, 4) is 0 Å². The maximum Gasteiger partial charge on any atom is 0.318 e. The molecule has 0 aromatic heterocycles. The molecule has 1 aromatic rings. The van der Waals surface area contributed by atoms with Crippen LogP contribution in [0.3, 0.4) is 0 Å². The zero-order valence-corrected chi connectivity index (χ0v) is 8.13. The van der Waals surface area contributed by atoms with E-state index in [4.69, 9.17) is 10.8 Å².